The fraction of sp³-hybridized carbons (Fsp3) is 0. The second-order valence-electron chi connectivity index (χ2n) is 11.3. The van der Waals surface area contributed by atoms with E-state index in [2.05, 4.69) is 42.5 Å². The molecule has 47 heavy (non-hydrogen) atoms. The maximum Gasteiger partial charge on any atom is 0.164 e. The predicted molar refractivity (Wildman–Crippen MR) is 187 cm³/mol. The van der Waals surface area contributed by atoms with E-state index in [1.807, 2.05) is 103 Å². The number of hydrogen-bond acceptors (Lipinski definition) is 6. The van der Waals surface area contributed by atoms with E-state index in [0.29, 0.717) is 17.5 Å². The molecule has 0 radical (unpaired) electrons. The molecular weight excluding hydrogens is 578 g/mol. The van der Waals surface area contributed by atoms with Gasteiger partial charge in [0.2, 0.25) is 0 Å². The lowest BCUT2D eigenvalue weighted by atomic mass is 9.99. The molecule has 9 aromatic rings. The maximum atomic E-state index is 6.60. The van der Waals surface area contributed by atoms with Crippen molar-refractivity contribution in [3.8, 4) is 56.7 Å². The van der Waals surface area contributed by atoms with Gasteiger partial charge in [0.25, 0.3) is 0 Å². The van der Waals surface area contributed by atoms with Gasteiger partial charge in [0, 0.05) is 45.4 Å². The molecule has 220 valence electrons. The highest BCUT2D eigenvalue weighted by atomic mass is 16.3. The van der Waals surface area contributed by atoms with E-state index < -0.39 is 0 Å². The molecule has 0 N–H and O–H groups in total. The lowest BCUT2D eigenvalue weighted by Gasteiger charge is -2.10. The van der Waals surface area contributed by atoms with Gasteiger partial charge in [0.1, 0.15) is 16.9 Å². The van der Waals surface area contributed by atoms with Crippen molar-refractivity contribution >= 4 is 32.7 Å². The zero-order chi connectivity index (χ0) is 31.2. The monoisotopic (exact) mass is 603 g/mol. The van der Waals surface area contributed by atoms with E-state index in [4.69, 9.17) is 29.3 Å². The number of hydrogen-bond donors (Lipinski definition) is 0. The van der Waals surface area contributed by atoms with Crippen molar-refractivity contribution in [2.45, 2.75) is 0 Å². The van der Waals surface area contributed by atoms with Crippen molar-refractivity contribution < 1.29 is 4.42 Å². The quantitative estimate of drug-likeness (QED) is 0.195. The summed E-state index contributed by atoms with van der Waals surface area (Å²) in [6.45, 7) is 0. The highest BCUT2D eigenvalue weighted by molar-refractivity contribution is 6.16. The summed E-state index contributed by atoms with van der Waals surface area (Å²) < 4.78 is 6.60. The number of para-hydroxylation sites is 1. The number of benzene rings is 5. The molecule has 0 aliphatic rings. The molecule has 0 amide bonds. The molecule has 0 atom stereocenters. The molecule has 0 aliphatic heterocycles. The van der Waals surface area contributed by atoms with Crippen LogP contribution < -0.4 is 0 Å². The summed E-state index contributed by atoms with van der Waals surface area (Å²) in [7, 11) is 0. The van der Waals surface area contributed by atoms with Crippen LogP contribution in [-0.2, 0) is 0 Å². The van der Waals surface area contributed by atoms with Gasteiger partial charge < -0.3 is 4.42 Å². The van der Waals surface area contributed by atoms with Crippen LogP contribution in [0, 0.1) is 0 Å². The molecule has 0 unspecified atom stereocenters. The second kappa shape index (κ2) is 11.1. The van der Waals surface area contributed by atoms with Crippen molar-refractivity contribution in [1.29, 1.82) is 0 Å². The van der Waals surface area contributed by atoms with Crippen LogP contribution in [0.3, 0.4) is 0 Å². The summed E-state index contributed by atoms with van der Waals surface area (Å²) in [6, 6.07) is 46.7. The van der Waals surface area contributed by atoms with Crippen LogP contribution in [0.4, 0.5) is 0 Å². The van der Waals surface area contributed by atoms with Gasteiger partial charge in [-0.25, -0.2) is 15.0 Å². The molecule has 0 spiro atoms. The molecule has 6 heteroatoms. The molecular formula is C41H25N5O. The average Bonchev–Trinajstić information content (AvgIpc) is 3.55. The first kappa shape index (κ1) is 26.8. The number of aromatic nitrogens is 5. The summed E-state index contributed by atoms with van der Waals surface area (Å²) in [4.78, 5) is 24.3. The lowest BCUT2D eigenvalue weighted by Crippen LogP contribution is -2.00. The minimum Gasteiger partial charge on any atom is -0.455 e. The van der Waals surface area contributed by atoms with Crippen LogP contribution in [-0.4, -0.2) is 24.9 Å². The van der Waals surface area contributed by atoms with E-state index in [9.17, 15) is 0 Å². The van der Waals surface area contributed by atoms with E-state index in [1.165, 1.54) is 0 Å². The predicted octanol–water partition coefficient (Wildman–Crippen LogP) is 10.0. The smallest absolute Gasteiger partial charge is 0.164 e. The molecule has 0 aliphatic carbocycles. The van der Waals surface area contributed by atoms with Crippen molar-refractivity contribution in [3.05, 3.63) is 152 Å². The fourth-order valence-corrected chi connectivity index (χ4v) is 6.22. The first-order chi connectivity index (χ1) is 23.3. The van der Waals surface area contributed by atoms with Crippen molar-refractivity contribution in [2.24, 2.45) is 0 Å². The maximum absolute atomic E-state index is 6.60. The largest absolute Gasteiger partial charge is 0.455 e. The zero-order valence-electron chi connectivity index (χ0n) is 25.1. The summed E-state index contributed by atoms with van der Waals surface area (Å²) in [5.41, 5.74) is 7.91. The summed E-state index contributed by atoms with van der Waals surface area (Å²) in [5, 5.41) is 4.10. The first-order valence-corrected chi connectivity index (χ1v) is 15.4. The summed E-state index contributed by atoms with van der Waals surface area (Å²) in [5.74, 6) is 1.85. The van der Waals surface area contributed by atoms with Gasteiger partial charge in [-0.2, -0.15) is 0 Å². The van der Waals surface area contributed by atoms with Crippen LogP contribution in [0.1, 0.15) is 0 Å². The highest BCUT2D eigenvalue weighted by Crippen LogP contribution is 2.41. The van der Waals surface area contributed by atoms with Gasteiger partial charge in [0.05, 0.1) is 11.1 Å². The Bertz CT molecular complexity index is 2520. The van der Waals surface area contributed by atoms with Gasteiger partial charge >= 0.3 is 0 Å². The molecule has 9 rings (SSSR count). The number of furan rings is 1. The zero-order valence-corrected chi connectivity index (χ0v) is 25.1. The Morgan fingerprint density at radius 2 is 1.00 bits per heavy atom. The van der Waals surface area contributed by atoms with Crippen molar-refractivity contribution in [2.75, 3.05) is 0 Å². The van der Waals surface area contributed by atoms with E-state index in [0.717, 1.165) is 71.9 Å². The molecule has 5 aromatic carbocycles. The number of rotatable bonds is 5. The number of fused-ring (bicyclic) bond motifs is 4. The van der Waals surface area contributed by atoms with Crippen LogP contribution in [0.2, 0.25) is 0 Å². The Morgan fingerprint density at radius 3 is 1.77 bits per heavy atom. The van der Waals surface area contributed by atoms with Crippen molar-refractivity contribution in [1.82, 2.24) is 24.9 Å². The standard InChI is InChI=1S/C41H25N5O/c1-3-12-27(13-4-1)39-44-40(28-14-5-2-6-15-28)46-41(45-39)30-17-9-16-29(25-30)32-19-10-20-33-35-34(47-38(32)33)22-24-43-37(35)36-31-18-8-7-11-26(31)21-23-42-36/h1-25H. The van der Waals surface area contributed by atoms with Gasteiger partial charge in [0.15, 0.2) is 17.5 Å². The summed E-state index contributed by atoms with van der Waals surface area (Å²) in [6.07, 6.45) is 3.63. The molecule has 0 bridgehead atoms. The Labute approximate surface area is 270 Å². The third-order valence-corrected chi connectivity index (χ3v) is 8.44. The van der Waals surface area contributed by atoms with E-state index in [1.54, 1.807) is 6.20 Å². The Morgan fingerprint density at radius 1 is 0.426 bits per heavy atom. The Kier molecular flexibility index (Phi) is 6.35. The number of pyridine rings is 2. The van der Waals surface area contributed by atoms with Crippen LogP contribution in [0.15, 0.2) is 156 Å². The Balaban J connectivity index is 1.21. The summed E-state index contributed by atoms with van der Waals surface area (Å²) >= 11 is 0. The normalized spacial score (nSPS) is 11.4. The Hall–Kier alpha value is -6.53. The third kappa shape index (κ3) is 4.71. The second-order valence-corrected chi connectivity index (χ2v) is 11.3. The van der Waals surface area contributed by atoms with E-state index >= 15 is 0 Å². The average molecular weight is 604 g/mol. The first-order valence-electron chi connectivity index (χ1n) is 15.4. The molecule has 6 nitrogen and oxygen atoms in total. The van der Waals surface area contributed by atoms with Gasteiger partial charge in [-0.1, -0.05) is 121 Å². The van der Waals surface area contributed by atoms with Crippen LogP contribution in [0.25, 0.3) is 89.4 Å². The van der Waals surface area contributed by atoms with Crippen LogP contribution in [0.5, 0.6) is 0 Å². The highest BCUT2D eigenvalue weighted by Gasteiger charge is 2.19. The fourth-order valence-electron chi connectivity index (χ4n) is 6.22. The molecule has 4 aromatic heterocycles. The van der Waals surface area contributed by atoms with Gasteiger partial charge in [-0.15, -0.1) is 0 Å². The minimum atomic E-state index is 0.602. The van der Waals surface area contributed by atoms with E-state index in [-0.39, 0.29) is 0 Å². The molecule has 4 heterocycles. The minimum absolute atomic E-state index is 0.602. The van der Waals surface area contributed by atoms with Gasteiger partial charge in [-0.05, 0) is 29.1 Å². The third-order valence-electron chi connectivity index (χ3n) is 8.44. The lowest BCUT2D eigenvalue weighted by molar-refractivity contribution is 0.669. The SMILES string of the molecule is c1ccc(-c2nc(-c3ccccc3)nc(-c3cccc(-c4cccc5c4oc4ccnc(-c6nccc7ccccc67)c45)c3)n2)cc1. The topological polar surface area (TPSA) is 77.6 Å². The van der Waals surface area contributed by atoms with Gasteiger partial charge in [-0.3, -0.25) is 9.97 Å². The van der Waals surface area contributed by atoms with Crippen LogP contribution >= 0.6 is 0 Å². The molecule has 0 fully saturated rings. The molecule has 0 saturated heterocycles. The van der Waals surface area contributed by atoms with Crippen molar-refractivity contribution in [3.63, 3.8) is 0 Å². The number of nitrogens with zero attached hydrogens (tertiary/aromatic N) is 5. The molecule has 0 saturated carbocycles.